The van der Waals surface area contributed by atoms with Gasteiger partial charge in [0.1, 0.15) is 6.33 Å². The number of rotatable bonds is 4. The lowest BCUT2D eigenvalue weighted by Gasteiger charge is -2.26. The quantitative estimate of drug-likeness (QED) is 0.942. The number of nitrogens with one attached hydrogen (secondary N) is 1. The zero-order valence-electron chi connectivity index (χ0n) is 13.6. The minimum absolute atomic E-state index is 0.0149. The number of carbonyl (C=O) groups is 1. The van der Waals surface area contributed by atoms with Crippen molar-refractivity contribution in [2.75, 3.05) is 6.54 Å². The van der Waals surface area contributed by atoms with E-state index in [1.54, 1.807) is 6.33 Å². The summed E-state index contributed by atoms with van der Waals surface area (Å²) in [6.07, 6.45) is 4.67. The van der Waals surface area contributed by atoms with Crippen LogP contribution in [0.25, 0.3) is 0 Å². The highest BCUT2D eigenvalue weighted by molar-refractivity contribution is 5.75. The highest BCUT2D eigenvalue weighted by Gasteiger charge is 2.30. The van der Waals surface area contributed by atoms with E-state index in [0.29, 0.717) is 0 Å². The van der Waals surface area contributed by atoms with Gasteiger partial charge in [0.25, 0.3) is 0 Å². The Hall–Kier alpha value is -2.37. The molecule has 1 N–H and O–H groups in total. The van der Waals surface area contributed by atoms with E-state index in [4.69, 9.17) is 0 Å². The molecule has 1 aromatic heterocycles. The summed E-state index contributed by atoms with van der Waals surface area (Å²) in [7, 11) is 1.88. The normalized spacial score (nSPS) is 18.9. The van der Waals surface area contributed by atoms with Crippen LogP contribution in [0.4, 0.5) is 4.79 Å². The number of hydrogen-bond acceptors (Lipinski definition) is 3. The van der Waals surface area contributed by atoms with Gasteiger partial charge in [-0.25, -0.2) is 4.79 Å². The maximum Gasteiger partial charge on any atom is 0.318 e. The van der Waals surface area contributed by atoms with Crippen LogP contribution >= 0.6 is 0 Å². The number of hydrogen-bond donors (Lipinski definition) is 1. The molecule has 2 amide bonds. The zero-order valence-corrected chi connectivity index (χ0v) is 13.6. The van der Waals surface area contributed by atoms with E-state index in [1.165, 1.54) is 5.56 Å². The van der Waals surface area contributed by atoms with Crippen LogP contribution in [-0.4, -0.2) is 38.3 Å². The molecule has 6 nitrogen and oxygen atoms in total. The van der Waals surface area contributed by atoms with Crippen molar-refractivity contribution in [3.05, 3.63) is 48.0 Å². The first-order valence-corrected chi connectivity index (χ1v) is 8.10. The number of carbonyl (C=O) groups excluding carboxylic acids is 1. The fraction of sp³-hybridized carbons (Fsp3) is 0.471. The predicted molar refractivity (Wildman–Crippen MR) is 87.8 cm³/mol. The average Bonchev–Trinajstić information content (AvgIpc) is 3.17. The van der Waals surface area contributed by atoms with Crippen molar-refractivity contribution < 1.29 is 4.79 Å². The molecule has 0 saturated carbocycles. The molecule has 1 aliphatic heterocycles. The van der Waals surface area contributed by atoms with E-state index in [1.807, 2.05) is 41.6 Å². The summed E-state index contributed by atoms with van der Waals surface area (Å²) in [6, 6.07) is 10.4. The number of amides is 2. The van der Waals surface area contributed by atoms with Gasteiger partial charge in [-0.3, -0.25) is 0 Å². The zero-order chi connectivity index (χ0) is 16.2. The van der Waals surface area contributed by atoms with E-state index in [9.17, 15) is 4.79 Å². The van der Waals surface area contributed by atoms with Crippen LogP contribution in [-0.2, 0) is 13.5 Å². The molecule has 0 aliphatic carbocycles. The highest BCUT2D eigenvalue weighted by Crippen LogP contribution is 2.22. The molecule has 1 fully saturated rings. The Bertz CT molecular complexity index is 654. The first-order chi connectivity index (χ1) is 11.1. The van der Waals surface area contributed by atoms with E-state index < -0.39 is 0 Å². The van der Waals surface area contributed by atoms with Gasteiger partial charge in [-0.15, -0.1) is 10.2 Å². The Morgan fingerprint density at radius 1 is 1.39 bits per heavy atom. The van der Waals surface area contributed by atoms with Crippen molar-refractivity contribution in [2.45, 2.75) is 38.3 Å². The summed E-state index contributed by atoms with van der Waals surface area (Å²) in [6.45, 7) is 2.75. The Balaban J connectivity index is 1.63. The Morgan fingerprint density at radius 2 is 2.17 bits per heavy atom. The van der Waals surface area contributed by atoms with Crippen molar-refractivity contribution in [1.82, 2.24) is 25.0 Å². The van der Waals surface area contributed by atoms with Crippen molar-refractivity contribution in [3.63, 3.8) is 0 Å². The smallest absolute Gasteiger partial charge is 0.318 e. The van der Waals surface area contributed by atoms with Crippen LogP contribution < -0.4 is 5.32 Å². The first-order valence-electron chi connectivity index (χ1n) is 8.10. The summed E-state index contributed by atoms with van der Waals surface area (Å²) in [5, 5.41) is 11.0. The highest BCUT2D eigenvalue weighted by atomic mass is 16.2. The fourth-order valence-corrected chi connectivity index (χ4v) is 3.22. The molecule has 2 atom stereocenters. The Kier molecular flexibility index (Phi) is 4.60. The van der Waals surface area contributed by atoms with Gasteiger partial charge in [0.2, 0.25) is 0 Å². The van der Waals surface area contributed by atoms with Crippen LogP contribution in [0.1, 0.15) is 37.2 Å². The minimum atomic E-state index is -0.159. The molecule has 0 spiro atoms. The van der Waals surface area contributed by atoms with Gasteiger partial charge in [0, 0.05) is 19.6 Å². The summed E-state index contributed by atoms with van der Waals surface area (Å²) in [5.41, 5.74) is 1.28. The molecular weight excluding hydrogens is 290 g/mol. The number of benzene rings is 1. The third kappa shape index (κ3) is 3.52. The third-order valence-corrected chi connectivity index (χ3v) is 4.43. The predicted octanol–water partition coefficient (Wildman–Crippen LogP) is 2.29. The summed E-state index contributed by atoms with van der Waals surface area (Å²) < 4.78 is 1.83. The molecule has 3 rings (SSSR count). The number of nitrogens with zero attached hydrogens (tertiary/aromatic N) is 4. The SMILES string of the molecule is CC(NC(=O)N1CCCC1Cc1ccccc1)c1nncn1C. The third-order valence-electron chi connectivity index (χ3n) is 4.43. The van der Waals surface area contributed by atoms with E-state index in [-0.39, 0.29) is 18.1 Å². The first kappa shape index (κ1) is 15.5. The fourth-order valence-electron chi connectivity index (χ4n) is 3.22. The molecule has 2 unspecified atom stereocenters. The number of aryl methyl sites for hydroxylation is 1. The molecule has 2 aromatic rings. The lowest BCUT2D eigenvalue weighted by molar-refractivity contribution is 0.188. The molecule has 0 bridgehead atoms. The second-order valence-electron chi connectivity index (χ2n) is 6.15. The average molecular weight is 313 g/mol. The standard InChI is InChI=1S/C17H23N5O/c1-13(16-20-18-12-21(16)2)19-17(23)22-10-6-9-15(22)11-14-7-4-3-5-8-14/h3-5,7-8,12-13,15H,6,9-11H2,1-2H3,(H,19,23). The lowest BCUT2D eigenvalue weighted by Crippen LogP contribution is -2.44. The molecule has 1 aromatic carbocycles. The minimum Gasteiger partial charge on any atom is -0.328 e. The molecule has 23 heavy (non-hydrogen) atoms. The van der Waals surface area contributed by atoms with Gasteiger partial charge >= 0.3 is 6.03 Å². The number of aromatic nitrogens is 3. The van der Waals surface area contributed by atoms with E-state index in [2.05, 4.69) is 27.6 Å². The number of urea groups is 1. The largest absolute Gasteiger partial charge is 0.328 e. The topological polar surface area (TPSA) is 63.1 Å². The molecule has 0 radical (unpaired) electrons. The lowest BCUT2D eigenvalue weighted by atomic mass is 10.0. The molecule has 1 aliphatic rings. The van der Waals surface area contributed by atoms with Crippen molar-refractivity contribution in [3.8, 4) is 0 Å². The van der Waals surface area contributed by atoms with E-state index >= 15 is 0 Å². The van der Waals surface area contributed by atoms with Crippen LogP contribution in [0.15, 0.2) is 36.7 Å². The van der Waals surface area contributed by atoms with Gasteiger partial charge in [0.05, 0.1) is 6.04 Å². The van der Waals surface area contributed by atoms with E-state index in [0.717, 1.165) is 31.6 Å². The summed E-state index contributed by atoms with van der Waals surface area (Å²) in [5.74, 6) is 0.761. The summed E-state index contributed by atoms with van der Waals surface area (Å²) >= 11 is 0. The summed E-state index contributed by atoms with van der Waals surface area (Å²) in [4.78, 5) is 14.6. The van der Waals surface area contributed by atoms with Crippen molar-refractivity contribution >= 4 is 6.03 Å². The molecule has 1 saturated heterocycles. The number of likely N-dealkylation sites (tertiary alicyclic amines) is 1. The van der Waals surface area contributed by atoms with Gasteiger partial charge in [0.15, 0.2) is 5.82 Å². The monoisotopic (exact) mass is 313 g/mol. The maximum absolute atomic E-state index is 12.6. The molecule has 122 valence electrons. The molecule has 2 heterocycles. The van der Waals surface area contributed by atoms with Gasteiger partial charge < -0.3 is 14.8 Å². The van der Waals surface area contributed by atoms with Crippen molar-refractivity contribution in [2.24, 2.45) is 7.05 Å². The van der Waals surface area contributed by atoms with Crippen molar-refractivity contribution in [1.29, 1.82) is 0 Å². The Labute approximate surface area is 136 Å². The molecule has 6 heteroatoms. The van der Waals surface area contributed by atoms with Gasteiger partial charge in [-0.05, 0) is 31.7 Å². The second kappa shape index (κ2) is 6.81. The van der Waals surface area contributed by atoms with Crippen LogP contribution in [0.3, 0.4) is 0 Å². The van der Waals surface area contributed by atoms with Crippen LogP contribution in [0.2, 0.25) is 0 Å². The van der Waals surface area contributed by atoms with Gasteiger partial charge in [-0.2, -0.15) is 0 Å². The van der Waals surface area contributed by atoms with Crippen LogP contribution in [0.5, 0.6) is 0 Å². The van der Waals surface area contributed by atoms with Crippen LogP contribution in [0, 0.1) is 0 Å². The van der Waals surface area contributed by atoms with Gasteiger partial charge in [-0.1, -0.05) is 30.3 Å². The second-order valence-corrected chi connectivity index (χ2v) is 6.15. The Morgan fingerprint density at radius 3 is 2.87 bits per heavy atom. The molecular formula is C17H23N5O. The maximum atomic E-state index is 12.6.